The number of aromatic nitrogens is 6. The molecule has 0 saturated heterocycles. The average molecular weight is 313 g/mol. The second-order valence-electron chi connectivity index (χ2n) is 5.63. The van der Waals surface area contributed by atoms with Crippen molar-refractivity contribution >= 4 is 16.9 Å². The molecule has 3 aromatic rings. The molecule has 0 fully saturated rings. The SMILES string of the molecule is Cc1ccc2nc(CN(C)C(=O)CCCn3cnnn3)[nH]c2c1. The number of aromatic amines is 1. The van der Waals surface area contributed by atoms with E-state index < -0.39 is 0 Å². The van der Waals surface area contributed by atoms with Gasteiger partial charge in [-0.25, -0.2) is 9.67 Å². The highest BCUT2D eigenvalue weighted by molar-refractivity contribution is 5.77. The number of tetrazole rings is 1. The number of benzene rings is 1. The molecular weight excluding hydrogens is 294 g/mol. The number of H-pyrrole nitrogens is 1. The predicted molar refractivity (Wildman–Crippen MR) is 84.4 cm³/mol. The molecule has 3 rings (SSSR count). The van der Waals surface area contributed by atoms with E-state index in [9.17, 15) is 4.79 Å². The first kappa shape index (κ1) is 15.1. The van der Waals surface area contributed by atoms with Gasteiger partial charge in [0.2, 0.25) is 5.91 Å². The molecule has 0 aliphatic rings. The lowest BCUT2D eigenvalue weighted by Gasteiger charge is -2.15. The smallest absolute Gasteiger partial charge is 0.222 e. The maximum atomic E-state index is 12.2. The third kappa shape index (κ3) is 3.71. The maximum absolute atomic E-state index is 12.2. The number of amides is 1. The Balaban J connectivity index is 1.54. The highest BCUT2D eigenvalue weighted by Gasteiger charge is 2.12. The Morgan fingerprint density at radius 1 is 1.39 bits per heavy atom. The van der Waals surface area contributed by atoms with Crippen LogP contribution in [0.4, 0.5) is 0 Å². The molecule has 2 heterocycles. The van der Waals surface area contributed by atoms with Crippen LogP contribution < -0.4 is 0 Å². The van der Waals surface area contributed by atoms with Crippen LogP contribution in [0, 0.1) is 6.92 Å². The first-order valence-corrected chi connectivity index (χ1v) is 7.52. The standard InChI is InChI=1S/C15H19N7O/c1-11-5-6-12-13(8-11)18-14(17-12)9-21(2)15(23)4-3-7-22-10-16-19-20-22/h5-6,8,10H,3-4,7,9H2,1-2H3,(H,17,18). The Morgan fingerprint density at radius 3 is 3.04 bits per heavy atom. The fraction of sp³-hybridized carbons (Fsp3) is 0.400. The van der Waals surface area contributed by atoms with Crippen LogP contribution in [-0.4, -0.2) is 48.0 Å². The molecule has 1 aromatic carbocycles. The first-order valence-electron chi connectivity index (χ1n) is 7.52. The van der Waals surface area contributed by atoms with Crippen molar-refractivity contribution in [1.29, 1.82) is 0 Å². The van der Waals surface area contributed by atoms with E-state index in [1.54, 1.807) is 23.0 Å². The molecule has 0 aliphatic carbocycles. The molecule has 2 aromatic heterocycles. The lowest BCUT2D eigenvalue weighted by molar-refractivity contribution is -0.130. The van der Waals surface area contributed by atoms with Gasteiger partial charge >= 0.3 is 0 Å². The highest BCUT2D eigenvalue weighted by Crippen LogP contribution is 2.14. The van der Waals surface area contributed by atoms with Crippen molar-refractivity contribution in [2.24, 2.45) is 0 Å². The van der Waals surface area contributed by atoms with Gasteiger partial charge in [-0.3, -0.25) is 4.79 Å². The molecule has 8 nitrogen and oxygen atoms in total. The zero-order chi connectivity index (χ0) is 16.2. The van der Waals surface area contributed by atoms with E-state index in [-0.39, 0.29) is 5.91 Å². The third-order valence-corrected chi connectivity index (χ3v) is 3.67. The molecular formula is C15H19N7O. The number of aryl methyl sites for hydroxylation is 2. The van der Waals surface area contributed by atoms with Crippen molar-refractivity contribution in [2.45, 2.75) is 32.9 Å². The Kier molecular flexibility index (Phi) is 4.31. The summed E-state index contributed by atoms with van der Waals surface area (Å²) in [6, 6.07) is 6.07. The van der Waals surface area contributed by atoms with Gasteiger partial charge in [0.25, 0.3) is 0 Å². The van der Waals surface area contributed by atoms with E-state index in [4.69, 9.17) is 0 Å². The maximum Gasteiger partial charge on any atom is 0.222 e. The van der Waals surface area contributed by atoms with E-state index in [1.165, 1.54) is 5.56 Å². The van der Waals surface area contributed by atoms with Crippen molar-refractivity contribution in [3.05, 3.63) is 35.9 Å². The Bertz CT molecular complexity index is 793. The summed E-state index contributed by atoms with van der Waals surface area (Å²) < 4.78 is 1.62. The summed E-state index contributed by atoms with van der Waals surface area (Å²) >= 11 is 0. The zero-order valence-corrected chi connectivity index (χ0v) is 13.2. The molecule has 120 valence electrons. The Hall–Kier alpha value is -2.77. The number of hydrogen-bond acceptors (Lipinski definition) is 5. The van der Waals surface area contributed by atoms with Gasteiger partial charge in [0, 0.05) is 20.0 Å². The first-order chi connectivity index (χ1) is 11.1. The Labute approximate surface area is 133 Å². The normalized spacial score (nSPS) is 11.0. The fourth-order valence-electron chi connectivity index (χ4n) is 2.43. The predicted octanol–water partition coefficient (Wildman–Crippen LogP) is 1.30. The van der Waals surface area contributed by atoms with Gasteiger partial charge in [0.15, 0.2) is 0 Å². The van der Waals surface area contributed by atoms with Gasteiger partial charge in [0.1, 0.15) is 12.2 Å². The molecule has 0 atom stereocenters. The minimum atomic E-state index is 0.0784. The van der Waals surface area contributed by atoms with Crippen LogP contribution >= 0.6 is 0 Å². The fourth-order valence-corrected chi connectivity index (χ4v) is 2.43. The number of hydrogen-bond donors (Lipinski definition) is 1. The number of fused-ring (bicyclic) bond motifs is 1. The summed E-state index contributed by atoms with van der Waals surface area (Å²) in [5.74, 6) is 0.872. The molecule has 23 heavy (non-hydrogen) atoms. The van der Waals surface area contributed by atoms with Crippen LogP contribution in [0.3, 0.4) is 0 Å². The van der Waals surface area contributed by atoms with Crippen molar-refractivity contribution in [2.75, 3.05) is 7.05 Å². The molecule has 0 spiro atoms. The van der Waals surface area contributed by atoms with E-state index in [0.29, 0.717) is 25.9 Å². The van der Waals surface area contributed by atoms with Crippen LogP contribution in [0.5, 0.6) is 0 Å². The zero-order valence-electron chi connectivity index (χ0n) is 13.2. The van der Waals surface area contributed by atoms with Gasteiger partial charge in [-0.15, -0.1) is 5.10 Å². The summed E-state index contributed by atoms with van der Waals surface area (Å²) in [6.45, 7) is 3.15. The third-order valence-electron chi connectivity index (χ3n) is 3.67. The van der Waals surface area contributed by atoms with E-state index in [2.05, 4.69) is 31.6 Å². The van der Waals surface area contributed by atoms with Crippen LogP contribution in [0.1, 0.15) is 24.2 Å². The van der Waals surface area contributed by atoms with Gasteiger partial charge in [-0.05, 0) is 41.5 Å². The lowest BCUT2D eigenvalue weighted by Crippen LogP contribution is -2.26. The minimum Gasteiger partial charge on any atom is -0.340 e. The number of nitrogens with one attached hydrogen (secondary N) is 1. The monoisotopic (exact) mass is 313 g/mol. The summed E-state index contributed by atoms with van der Waals surface area (Å²) in [4.78, 5) is 21.6. The number of imidazole rings is 1. The molecule has 1 N–H and O–H groups in total. The van der Waals surface area contributed by atoms with Gasteiger partial charge < -0.3 is 9.88 Å². The second kappa shape index (κ2) is 6.55. The number of carbonyl (C=O) groups excluding carboxylic acids is 1. The van der Waals surface area contributed by atoms with Gasteiger partial charge in [-0.2, -0.15) is 0 Å². The molecule has 1 amide bonds. The number of carbonyl (C=O) groups is 1. The molecule has 8 heteroatoms. The van der Waals surface area contributed by atoms with Gasteiger partial charge in [0.05, 0.1) is 17.6 Å². The van der Waals surface area contributed by atoms with Crippen LogP contribution in [0.25, 0.3) is 11.0 Å². The van der Waals surface area contributed by atoms with Crippen molar-refractivity contribution < 1.29 is 4.79 Å². The molecule has 0 saturated carbocycles. The summed E-state index contributed by atoms with van der Waals surface area (Å²) in [5.41, 5.74) is 3.10. The van der Waals surface area contributed by atoms with E-state index in [1.807, 2.05) is 19.1 Å². The van der Waals surface area contributed by atoms with Crippen LogP contribution in [0.2, 0.25) is 0 Å². The quantitative estimate of drug-likeness (QED) is 0.740. The topological polar surface area (TPSA) is 92.6 Å². The lowest BCUT2D eigenvalue weighted by atomic mass is 10.2. The van der Waals surface area contributed by atoms with E-state index in [0.717, 1.165) is 16.9 Å². The van der Waals surface area contributed by atoms with Crippen LogP contribution in [0.15, 0.2) is 24.5 Å². The number of rotatable bonds is 6. The van der Waals surface area contributed by atoms with Crippen molar-refractivity contribution in [3.8, 4) is 0 Å². The van der Waals surface area contributed by atoms with Gasteiger partial charge in [-0.1, -0.05) is 6.07 Å². The molecule has 0 bridgehead atoms. The molecule has 0 aliphatic heterocycles. The number of nitrogens with zero attached hydrogens (tertiary/aromatic N) is 6. The molecule has 0 unspecified atom stereocenters. The van der Waals surface area contributed by atoms with E-state index >= 15 is 0 Å². The molecule has 0 radical (unpaired) electrons. The second-order valence-corrected chi connectivity index (χ2v) is 5.63. The van der Waals surface area contributed by atoms with Crippen LogP contribution in [-0.2, 0) is 17.9 Å². The summed E-state index contributed by atoms with van der Waals surface area (Å²) in [5, 5.41) is 10.9. The summed E-state index contributed by atoms with van der Waals surface area (Å²) in [7, 11) is 1.79. The summed E-state index contributed by atoms with van der Waals surface area (Å²) in [6.07, 6.45) is 2.70. The highest BCUT2D eigenvalue weighted by atomic mass is 16.2. The Morgan fingerprint density at radius 2 is 2.26 bits per heavy atom. The largest absolute Gasteiger partial charge is 0.340 e. The minimum absolute atomic E-state index is 0.0784. The van der Waals surface area contributed by atoms with Crippen molar-refractivity contribution in [1.82, 2.24) is 35.1 Å². The van der Waals surface area contributed by atoms with Crippen molar-refractivity contribution in [3.63, 3.8) is 0 Å². The average Bonchev–Trinajstić information content (AvgIpc) is 3.15.